The number of carbonyl (C=O) groups is 1. The molecule has 0 spiro atoms. The lowest BCUT2D eigenvalue weighted by atomic mass is 10.2. The molecule has 2 amide bonds. The molecule has 0 saturated carbocycles. The maximum absolute atomic E-state index is 11.6. The normalized spacial score (nSPS) is 15.9. The fraction of sp³-hybridized carbons (Fsp3) is 0.364. The Balaban J connectivity index is 2.29. The summed E-state index contributed by atoms with van der Waals surface area (Å²) in [5, 5.41) is 2.82. The van der Waals surface area contributed by atoms with E-state index >= 15 is 0 Å². The molecule has 1 aliphatic heterocycles. The number of anilines is 1. The van der Waals surface area contributed by atoms with E-state index in [-0.39, 0.29) is 6.03 Å². The Morgan fingerprint density at radius 1 is 1.50 bits per heavy atom. The van der Waals surface area contributed by atoms with E-state index in [1.54, 1.807) is 12.0 Å². The summed E-state index contributed by atoms with van der Waals surface area (Å²) in [7, 11) is 1.61. The van der Waals surface area contributed by atoms with Crippen LogP contribution in [-0.4, -0.2) is 26.2 Å². The highest BCUT2D eigenvalue weighted by molar-refractivity contribution is 9.10. The first-order valence-corrected chi connectivity index (χ1v) is 5.90. The van der Waals surface area contributed by atoms with Gasteiger partial charge in [0.05, 0.1) is 11.6 Å². The molecule has 0 radical (unpaired) electrons. The quantitative estimate of drug-likeness (QED) is 0.906. The zero-order chi connectivity index (χ0) is 11.5. The number of nitrogens with zero attached hydrogens (tertiary/aromatic N) is 1. The molecule has 1 aliphatic rings. The minimum atomic E-state index is -0.0457. The van der Waals surface area contributed by atoms with Gasteiger partial charge < -0.3 is 10.1 Å². The summed E-state index contributed by atoms with van der Waals surface area (Å²) in [5.74, 6) is 0.732. The van der Waals surface area contributed by atoms with Gasteiger partial charge in [0.25, 0.3) is 0 Å². The predicted octanol–water partition coefficient (Wildman–Crippen LogP) is 2.38. The van der Waals surface area contributed by atoms with Gasteiger partial charge in [-0.1, -0.05) is 0 Å². The first-order chi connectivity index (χ1) is 7.72. The SMILES string of the molecule is COc1cc(N2CCCNC2=O)ccc1Br. The number of methoxy groups -OCH3 is 1. The molecule has 0 unspecified atom stereocenters. The number of nitrogens with one attached hydrogen (secondary N) is 1. The van der Waals surface area contributed by atoms with E-state index in [0.29, 0.717) is 0 Å². The van der Waals surface area contributed by atoms with Crippen LogP contribution in [0.4, 0.5) is 10.5 Å². The lowest BCUT2D eigenvalue weighted by Crippen LogP contribution is -2.46. The summed E-state index contributed by atoms with van der Waals surface area (Å²) in [6.07, 6.45) is 0.962. The Kier molecular flexibility index (Phi) is 3.33. The second-order valence-corrected chi connectivity index (χ2v) is 4.41. The van der Waals surface area contributed by atoms with Crippen LogP contribution in [0.1, 0.15) is 6.42 Å². The molecular formula is C11H13BrN2O2. The van der Waals surface area contributed by atoms with E-state index in [9.17, 15) is 4.79 Å². The molecule has 1 aromatic rings. The van der Waals surface area contributed by atoms with E-state index in [2.05, 4.69) is 21.2 Å². The first-order valence-electron chi connectivity index (χ1n) is 5.11. The second kappa shape index (κ2) is 4.74. The summed E-state index contributed by atoms with van der Waals surface area (Å²) in [6.45, 7) is 1.50. The van der Waals surface area contributed by atoms with Gasteiger partial charge in [-0.15, -0.1) is 0 Å². The van der Waals surface area contributed by atoms with E-state index in [1.165, 1.54) is 0 Å². The zero-order valence-corrected chi connectivity index (χ0v) is 10.6. The molecule has 2 rings (SSSR count). The van der Waals surface area contributed by atoms with Gasteiger partial charge in [-0.25, -0.2) is 4.79 Å². The number of ether oxygens (including phenoxy) is 1. The third-order valence-electron chi connectivity index (χ3n) is 2.53. The van der Waals surface area contributed by atoms with Crippen LogP contribution >= 0.6 is 15.9 Å². The Morgan fingerprint density at radius 3 is 3.00 bits per heavy atom. The highest BCUT2D eigenvalue weighted by atomic mass is 79.9. The van der Waals surface area contributed by atoms with Gasteiger partial charge in [-0.3, -0.25) is 4.90 Å². The third-order valence-corrected chi connectivity index (χ3v) is 3.18. The fourth-order valence-electron chi connectivity index (χ4n) is 1.69. The van der Waals surface area contributed by atoms with Gasteiger partial charge in [0.1, 0.15) is 5.75 Å². The summed E-state index contributed by atoms with van der Waals surface area (Å²) < 4.78 is 6.09. The Bertz CT molecular complexity index is 409. The minimum absolute atomic E-state index is 0.0457. The molecule has 86 valence electrons. The van der Waals surface area contributed by atoms with Crippen molar-refractivity contribution in [3.8, 4) is 5.75 Å². The summed E-state index contributed by atoms with van der Waals surface area (Å²) >= 11 is 3.39. The van der Waals surface area contributed by atoms with E-state index in [4.69, 9.17) is 4.74 Å². The Morgan fingerprint density at radius 2 is 2.31 bits per heavy atom. The molecule has 1 fully saturated rings. The van der Waals surface area contributed by atoms with E-state index in [1.807, 2.05) is 18.2 Å². The van der Waals surface area contributed by atoms with Crippen LogP contribution < -0.4 is 15.0 Å². The number of benzene rings is 1. The van der Waals surface area contributed by atoms with Crippen molar-refractivity contribution in [2.75, 3.05) is 25.1 Å². The molecule has 0 aliphatic carbocycles. The van der Waals surface area contributed by atoms with Crippen molar-refractivity contribution < 1.29 is 9.53 Å². The molecule has 4 nitrogen and oxygen atoms in total. The largest absolute Gasteiger partial charge is 0.495 e. The van der Waals surface area contributed by atoms with Gasteiger partial charge in [0, 0.05) is 24.8 Å². The molecule has 1 N–H and O–H groups in total. The average molecular weight is 285 g/mol. The second-order valence-electron chi connectivity index (χ2n) is 3.56. The molecule has 5 heteroatoms. The van der Waals surface area contributed by atoms with Gasteiger partial charge >= 0.3 is 6.03 Å². The highest BCUT2D eigenvalue weighted by Crippen LogP contribution is 2.30. The summed E-state index contributed by atoms with van der Waals surface area (Å²) in [5.41, 5.74) is 0.859. The van der Waals surface area contributed by atoms with Crippen LogP contribution in [0, 0.1) is 0 Å². The molecular weight excluding hydrogens is 272 g/mol. The molecule has 0 atom stereocenters. The molecule has 0 bridgehead atoms. The summed E-state index contributed by atoms with van der Waals surface area (Å²) in [4.78, 5) is 13.4. The number of amides is 2. The molecule has 1 aromatic carbocycles. The fourth-order valence-corrected chi connectivity index (χ4v) is 2.10. The first kappa shape index (κ1) is 11.3. The zero-order valence-electron chi connectivity index (χ0n) is 9.00. The van der Waals surface area contributed by atoms with Crippen molar-refractivity contribution in [3.63, 3.8) is 0 Å². The number of carbonyl (C=O) groups excluding carboxylic acids is 1. The number of halogens is 1. The van der Waals surface area contributed by atoms with Crippen LogP contribution in [0.15, 0.2) is 22.7 Å². The third kappa shape index (κ3) is 2.14. The number of hydrogen-bond acceptors (Lipinski definition) is 2. The number of rotatable bonds is 2. The maximum atomic E-state index is 11.6. The Hall–Kier alpha value is -1.23. The van der Waals surface area contributed by atoms with Crippen molar-refractivity contribution in [2.24, 2.45) is 0 Å². The lowest BCUT2D eigenvalue weighted by molar-refractivity contribution is 0.243. The van der Waals surface area contributed by atoms with Gasteiger partial charge in [0.15, 0.2) is 0 Å². The number of urea groups is 1. The molecule has 0 aromatic heterocycles. The summed E-state index contributed by atoms with van der Waals surface area (Å²) in [6, 6.07) is 5.60. The lowest BCUT2D eigenvalue weighted by Gasteiger charge is -2.27. The highest BCUT2D eigenvalue weighted by Gasteiger charge is 2.19. The van der Waals surface area contributed by atoms with Gasteiger partial charge in [-0.05, 0) is 34.5 Å². The van der Waals surface area contributed by atoms with Crippen LogP contribution in [-0.2, 0) is 0 Å². The van der Waals surface area contributed by atoms with E-state index in [0.717, 1.165) is 35.4 Å². The van der Waals surface area contributed by atoms with Crippen molar-refractivity contribution in [3.05, 3.63) is 22.7 Å². The smallest absolute Gasteiger partial charge is 0.321 e. The van der Waals surface area contributed by atoms with Crippen LogP contribution in [0.3, 0.4) is 0 Å². The predicted molar refractivity (Wildman–Crippen MR) is 66.1 cm³/mol. The molecule has 1 heterocycles. The van der Waals surface area contributed by atoms with E-state index < -0.39 is 0 Å². The van der Waals surface area contributed by atoms with Crippen LogP contribution in [0.2, 0.25) is 0 Å². The van der Waals surface area contributed by atoms with Gasteiger partial charge in [0.2, 0.25) is 0 Å². The monoisotopic (exact) mass is 284 g/mol. The van der Waals surface area contributed by atoms with Crippen molar-refractivity contribution >= 4 is 27.6 Å². The van der Waals surface area contributed by atoms with Crippen molar-refractivity contribution in [1.82, 2.24) is 5.32 Å². The Labute approximate surface area is 103 Å². The average Bonchev–Trinajstić information content (AvgIpc) is 2.31. The van der Waals surface area contributed by atoms with Crippen LogP contribution in [0.25, 0.3) is 0 Å². The molecule has 1 saturated heterocycles. The van der Waals surface area contributed by atoms with Gasteiger partial charge in [-0.2, -0.15) is 0 Å². The minimum Gasteiger partial charge on any atom is -0.495 e. The van der Waals surface area contributed by atoms with Crippen molar-refractivity contribution in [2.45, 2.75) is 6.42 Å². The topological polar surface area (TPSA) is 41.6 Å². The molecule has 16 heavy (non-hydrogen) atoms. The maximum Gasteiger partial charge on any atom is 0.321 e. The van der Waals surface area contributed by atoms with Crippen molar-refractivity contribution in [1.29, 1.82) is 0 Å². The standard InChI is InChI=1S/C11H13BrN2O2/c1-16-10-7-8(3-4-9(10)12)14-6-2-5-13-11(14)15/h3-4,7H,2,5-6H2,1H3,(H,13,15). The van der Waals surface area contributed by atoms with Crippen LogP contribution in [0.5, 0.6) is 5.75 Å². The number of hydrogen-bond donors (Lipinski definition) is 1.